The summed E-state index contributed by atoms with van der Waals surface area (Å²) >= 11 is 0. The van der Waals surface area contributed by atoms with Crippen molar-refractivity contribution in [2.45, 2.75) is 12.5 Å². The Balaban J connectivity index is 2.33. The first-order chi connectivity index (χ1) is 6.13. The maximum absolute atomic E-state index is 10.8. The second-order valence-corrected chi connectivity index (χ2v) is 2.89. The van der Waals surface area contributed by atoms with Crippen molar-refractivity contribution >= 4 is 12.1 Å². The highest BCUT2D eigenvalue weighted by Gasteiger charge is 2.25. The molecule has 7 nitrogen and oxygen atoms in total. The van der Waals surface area contributed by atoms with E-state index >= 15 is 0 Å². The van der Waals surface area contributed by atoms with Crippen molar-refractivity contribution in [1.82, 2.24) is 15.6 Å². The summed E-state index contributed by atoms with van der Waals surface area (Å²) in [5.74, 6) is 4.88. The molecule has 0 aromatic carbocycles. The first kappa shape index (κ1) is 9.59. The molecule has 1 aliphatic heterocycles. The van der Waals surface area contributed by atoms with Crippen molar-refractivity contribution in [3.05, 3.63) is 0 Å². The van der Waals surface area contributed by atoms with Crippen molar-refractivity contribution in [1.29, 1.82) is 0 Å². The third-order valence-corrected chi connectivity index (χ3v) is 1.97. The number of primary amides is 1. The highest BCUT2D eigenvalue weighted by molar-refractivity contribution is 5.74. The number of nitrogens with zero attached hydrogens (tertiary/aromatic N) is 1. The Labute approximate surface area is 75.4 Å². The van der Waals surface area contributed by atoms with E-state index in [1.165, 1.54) is 4.90 Å². The molecule has 0 aromatic rings. The number of rotatable bonds is 1. The van der Waals surface area contributed by atoms with Crippen molar-refractivity contribution in [3.63, 3.8) is 0 Å². The smallest absolute Gasteiger partial charge is 0.329 e. The van der Waals surface area contributed by atoms with Crippen molar-refractivity contribution in [3.8, 4) is 0 Å². The van der Waals surface area contributed by atoms with Gasteiger partial charge in [-0.2, -0.15) is 0 Å². The molecule has 4 amide bonds. The molecule has 0 radical (unpaired) electrons. The standard InChI is InChI=1S/C6H13N5O2/c7-5(12)11-2-1-4(3-11)9-6(13)10-8/h4H,1-3,8H2,(H2,7,12)(H2,9,10,13). The fourth-order valence-electron chi connectivity index (χ4n) is 1.31. The van der Waals surface area contributed by atoms with Gasteiger partial charge < -0.3 is 16.0 Å². The zero-order chi connectivity index (χ0) is 9.84. The maximum atomic E-state index is 10.8. The Kier molecular flexibility index (Phi) is 2.91. The molecule has 6 N–H and O–H groups in total. The lowest BCUT2D eigenvalue weighted by molar-refractivity contribution is 0.216. The van der Waals surface area contributed by atoms with Crippen LogP contribution in [0.5, 0.6) is 0 Å². The number of carbonyl (C=O) groups is 2. The van der Waals surface area contributed by atoms with Gasteiger partial charge in [0.15, 0.2) is 0 Å². The number of hydrogen-bond donors (Lipinski definition) is 4. The van der Waals surface area contributed by atoms with Crippen LogP contribution < -0.4 is 22.3 Å². The van der Waals surface area contributed by atoms with Gasteiger partial charge in [-0.15, -0.1) is 0 Å². The molecule has 1 rings (SSSR count). The number of carbonyl (C=O) groups excluding carboxylic acids is 2. The van der Waals surface area contributed by atoms with E-state index in [0.29, 0.717) is 19.5 Å². The SMILES string of the molecule is NNC(=O)NC1CCN(C(N)=O)C1. The number of nitrogens with one attached hydrogen (secondary N) is 2. The fourth-order valence-corrected chi connectivity index (χ4v) is 1.31. The Bertz CT molecular complexity index is 219. The summed E-state index contributed by atoms with van der Waals surface area (Å²) in [6, 6.07) is -0.968. The van der Waals surface area contributed by atoms with E-state index in [-0.39, 0.29) is 6.04 Å². The van der Waals surface area contributed by atoms with Crippen LogP contribution >= 0.6 is 0 Å². The normalized spacial score (nSPS) is 21.3. The van der Waals surface area contributed by atoms with Gasteiger partial charge in [-0.1, -0.05) is 0 Å². The summed E-state index contributed by atoms with van der Waals surface area (Å²) in [4.78, 5) is 22.9. The maximum Gasteiger partial charge on any atom is 0.329 e. The third-order valence-electron chi connectivity index (χ3n) is 1.97. The molecule has 74 valence electrons. The Morgan fingerprint density at radius 3 is 2.62 bits per heavy atom. The molecule has 1 atom stereocenters. The molecule has 0 aromatic heterocycles. The number of nitrogens with two attached hydrogens (primary N) is 2. The molecule has 0 saturated carbocycles. The molecule has 1 heterocycles. The van der Waals surface area contributed by atoms with E-state index in [2.05, 4.69) is 5.32 Å². The van der Waals surface area contributed by atoms with Gasteiger partial charge in [0.25, 0.3) is 0 Å². The molecular weight excluding hydrogens is 174 g/mol. The number of urea groups is 2. The summed E-state index contributed by atoms with van der Waals surface area (Å²) in [5, 5.41) is 2.59. The van der Waals surface area contributed by atoms with Crippen molar-refractivity contribution in [2.24, 2.45) is 11.6 Å². The van der Waals surface area contributed by atoms with Crippen molar-refractivity contribution in [2.75, 3.05) is 13.1 Å². The fraction of sp³-hybridized carbons (Fsp3) is 0.667. The topological polar surface area (TPSA) is 113 Å². The number of hydrogen-bond acceptors (Lipinski definition) is 3. The predicted octanol–water partition coefficient (Wildman–Crippen LogP) is -1.69. The lowest BCUT2D eigenvalue weighted by atomic mass is 10.3. The summed E-state index contributed by atoms with van der Waals surface area (Å²) in [5.41, 5.74) is 7.01. The minimum Gasteiger partial charge on any atom is -0.351 e. The third kappa shape index (κ3) is 2.48. The number of likely N-dealkylation sites (tertiary alicyclic amines) is 1. The Morgan fingerprint density at radius 1 is 1.46 bits per heavy atom. The molecule has 1 unspecified atom stereocenters. The van der Waals surface area contributed by atoms with Crippen LogP contribution in [0.25, 0.3) is 0 Å². The van der Waals surface area contributed by atoms with Crippen LogP contribution in [0.4, 0.5) is 9.59 Å². The molecule has 1 fully saturated rings. The average molecular weight is 187 g/mol. The van der Waals surface area contributed by atoms with Crippen LogP contribution in [0, 0.1) is 0 Å². The number of hydrazine groups is 1. The predicted molar refractivity (Wildman–Crippen MR) is 45.4 cm³/mol. The zero-order valence-corrected chi connectivity index (χ0v) is 7.12. The van der Waals surface area contributed by atoms with Gasteiger partial charge in [0.2, 0.25) is 0 Å². The van der Waals surface area contributed by atoms with Gasteiger partial charge in [0.05, 0.1) is 0 Å². The minimum absolute atomic E-state index is 0.0592. The monoisotopic (exact) mass is 187 g/mol. The van der Waals surface area contributed by atoms with E-state index < -0.39 is 12.1 Å². The quantitative estimate of drug-likeness (QED) is 0.223. The van der Waals surface area contributed by atoms with Crippen LogP contribution in [0.2, 0.25) is 0 Å². The second-order valence-electron chi connectivity index (χ2n) is 2.89. The van der Waals surface area contributed by atoms with Gasteiger partial charge in [-0.3, -0.25) is 5.43 Å². The van der Waals surface area contributed by atoms with E-state index in [0.717, 1.165) is 0 Å². The number of amides is 4. The van der Waals surface area contributed by atoms with E-state index in [1.807, 2.05) is 5.43 Å². The highest BCUT2D eigenvalue weighted by Crippen LogP contribution is 2.07. The average Bonchev–Trinajstić information content (AvgIpc) is 2.52. The van der Waals surface area contributed by atoms with Crippen LogP contribution in [0.3, 0.4) is 0 Å². The molecule has 0 bridgehead atoms. The Hall–Kier alpha value is -1.50. The van der Waals surface area contributed by atoms with Gasteiger partial charge in [-0.05, 0) is 6.42 Å². The molecule has 7 heteroatoms. The summed E-state index contributed by atoms with van der Waals surface area (Å²) < 4.78 is 0. The highest BCUT2D eigenvalue weighted by atomic mass is 16.2. The van der Waals surface area contributed by atoms with E-state index in [1.54, 1.807) is 0 Å². The van der Waals surface area contributed by atoms with Gasteiger partial charge >= 0.3 is 12.1 Å². The summed E-state index contributed by atoms with van der Waals surface area (Å²) in [6.45, 7) is 1.02. The van der Waals surface area contributed by atoms with Crippen LogP contribution in [0.1, 0.15) is 6.42 Å². The molecule has 1 saturated heterocycles. The molecule has 0 aliphatic carbocycles. The van der Waals surface area contributed by atoms with Gasteiger partial charge in [-0.25, -0.2) is 15.4 Å². The van der Waals surface area contributed by atoms with E-state index in [9.17, 15) is 9.59 Å². The largest absolute Gasteiger partial charge is 0.351 e. The first-order valence-electron chi connectivity index (χ1n) is 3.95. The summed E-state index contributed by atoms with van der Waals surface area (Å²) in [7, 11) is 0. The van der Waals surface area contributed by atoms with Gasteiger partial charge in [0.1, 0.15) is 0 Å². The second kappa shape index (κ2) is 3.94. The molecule has 13 heavy (non-hydrogen) atoms. The summed E-state index contributed by atoms with van der Waals surface area (Å²) in [6.07, 6.45) is 0.705. The first-order valence-corrected chi connectivity index (χ1v) is 3.95. The van der Waals surface area contributed by atoms with Crippen molar-refractivity contribution < 1.29 is 9.59 Å². The molecule has 0 spiro atoms. The molecule has 1 aliphatic rings. The van der Waals surface area contributed by atoms with Crippen LogP contribution in [-0.4, -0.2) is 36.1 Å². The van der Waals surface area contributed by atoms with Gasteiger partial charge in [0, 0.05) is 19.1 Å². The van der Waals surface area contributed by atoms with E-state index in [4.69, 9.17) is 11.6 Å². The zero-order valence-electron chi connectivity index (χ0n) is 7.12. The Morgan fingerprint density at radius 2 is 2.15 bits per heavy atom. The van der Waals surface area contributed by atoms with Crippen LogP contribution in [0.15, 0.2) is 0 Å². The lowest BCUT2D eigenvalue weighted by Crippen LogP contribution is -2.46. The minimum atomic E-state index is -0.461. The lowest BCUT2D eigenvalue weighted by Gasteiger charge is -2.13. The van der Waals surface area contributed by atoms with Crippen LogP contribution in [-0.2, 0) is 0 Å². The molecular formula is C6H13N5O2.